The average Bonchev–Trinajstić information content (AvgIpc) is 2.38. The Hall–Kier alpha value is -1.31. The summed E-state index contributed by atoms with van der Waals surface area (Å²) in [6.45, 7) is 4.87. The van der Waals surface area contributed by atoms with Crippen molar-refractivity contribution >= 4 is 5.91 Å². The van der Waals surface area contributed by atoms with Crippen LogP contribution in [0.5, 0.6) is 0 Å². The Bertz CT molecular complexity index is 419. The average molecular weight is 245 g/mol. The number of benzene rings is 1. The van der Waals surface area contributed by atoms with Gasteiger partial charge in [-0.25, -0.2) is 0 Å². The van der Waals surface area contributed by atoms with E-state index in [1.165, 1.54) is 36.0 Å². The molecular formula is C16H23NO. The number of hydrogen-bond acceptors (Lipinski definition) is 1. The highest BCUT2D eigenvalue weighted by Gasteiger charge is 2.20. The molecule has 1 aromatic carbocycles. The van der Waals surface area contributed by atoms with Crippen LogP contribution in [0.15, 0.2) is 18.2 Å². The highest BCUT2D eigenvalue weighted by Crippen LogP contribution is 2.23. The van der Waals surface area contributed by atoms with E-state index in [2.05, 4.69) is 37.4 Å². The number of rotatable bonds is 3. The highest BCUT2D eigenvalue weighted by molar-refractivity contribution is 5.78. The van der Waals surface area contributed by atoms with Crippen LogP contribution in [-0.4, -0.2) is 5.91 Å². The number of amides is 1. The van der Waals surface area contributed by atoms with Gasteiger partial charge in [-0.15, -0.1) is 0 Å². The lowest BCUT2D eigenvalue weighted by atomic mass is 9.88. The van der Waals surface area contributed by atoms with Crippen molar-refractivity contribution in [3.05, 3.63) is 34.9 Å². The Morgan fingerprint density at radius 2 is 1.94 bits per heavy atom. The second kappa shape index (κ2) is 6.03. The topological polar surface area (TPSA) is 29.1 Å². The van der Waals surface area contributed by atoms with E-state index >= 15 is 0 Å². The molecule has 2 nitrogen and oxygen atoms in total. The first-order valence-electron chi connectivity index (χ1n) is 7.00. The lowest BCUT2D eigenvalue weighted by Gasteiger charge is -2.21. The lowest BCUT2D eigenvalue weighted by molar-refractivity contribution is -0.126. The van der Waals surface area contributed by atoms with Gasteiger partial charge in [-0.1, -0.05) is 43.0 Å². The summed E-state index contributed by atoms with van der Waals surface area (Å²) in [5.74, 6) is 0.499. The maximum Gasteiger partial charge on any atom is 0.223 e. The van der Waals surface area contributed by atoms with Crippen LogP contribution in [0.25, 0.3) is 0 Å². The van der Waals surface area contributed by atoms with Gasteiger partial charge in [0.15, 0.2) is 0 Å². The third-order valence-corrected chi connectivity index (χ3v) is 3.93. The maximum atomic E-state index is 12.0. The van der Waals surface area contributed by atoms with E-state index in [0.717, 1.165) is 12.8 Å². The number of carbonyl (C=O) groups is 1. The summed E-state index contributed by atoms with van der Waals surface area (Å²) in [5.41, 5.74) is 3.76. The zero-order valence-electron chi connectivity index (χ0n) is 11.5. The van der Waals surface area contributed by atoms with Crippen molar-refractivity contribution in [3.8, 4) is 0 Å². The summed E-state index contributed by atoms with van der Waals surface area (Å²) in [6, 6.07) is 6.39. The summed E-state index contributed by atoms with van der Waals surface area (Å²) in [4.78, 5) is 12.0. The molecule has 0 unspecified atom stereocenters. The first-order chi connectivity index (χ1) is 8.66. The predicted octanol–water partition coefficient (Wildman–Crippen LogP) is 3.50. The fraction of sp³-hybridized carbons (Fsp3) is 0.562. The molecule has 1 aliphatic carbocycles. The van der Waals surface area contributed by atoms with Crippen LogP contribution < -0.4 is 5.32 Å². The Balaban J connectivity index is 1.88. The summed E-state index contributed by atoms with van der Waals surface area (Å²) in [5, 5.41) is 3.09. The fourth-order valence-electron chi connectivity index (χ4n) is 2.74. The third kappa shape index (κ3) is 3.34. The van der Waals surface area contributed by atoms with E-state index in [1.807, 2.05) is 0 Å². The van der Waals surface area contributed by atoms with Gasteiger partial charge in [0, 0.05) is 12.5 Å². The molecule has 1 amide bonds. The third-order valence-electron chi connectivity index (χ3n) is 3.93. The van der Waals surface area contributed by atoms with Crippen LogP contribution in [0.1, 0.15) is 48.8 Å². The van der Waals surface area contributed by atoms with E-state index in [-0.39, 0.29) is 11.8 Å². The molecule has 2 rings (SSSR count). The lowest BCUT2D eigenvalue weighted by Crippen LogP contribution is -2.31. The molecule has 1 N–H and O–H groups in total. The number of nitrogens with one attached hydrogen (secondary N) is 1. The van der Waals surface area contributed by atoms with Gasteiger partial charge >= 0.3 is 0 Å². The molecule has 1 aromatic rings. The van der Waals surface area contributed by atoms with Crippen molar-refractivity contribution in [1.29, 1.82) is 0 Å². The zero-order chi connectivity index (χ0) is 13.0. The molecule has 0 radical (unpaired) electrons. The summed E-state index contributed by atoms with van der Waals surface area (Å²) < 4.78 is 0. The molecule has 2 heteroatoms. The predicted molar refractivity (Wildman–Crippen MR) is 74.3 cm³/mol. The standard InChI is InChI=1S/C16H23NO/c1-12-8-9-15(13(2)10-12)11-17-16(18)14-6-4-3-5-7-14/h8-10,14H,3-7,11H2,1-2H3,(H,17,18). The number of hydrogen-bond donors (Lipinski definition) is 1. The minimum Gasteiger partial charge on any atom is -0.352 e. The molecule has 1 aliphatic rings. The van der Waals surface area contributed by atoms with E-state index in [0.29, 0.717) is 6.54 Å². The quantitative estimate of drug-likeness (QED) is 0.867. The van der Waals surface area contributed by atoms with Crippen molar-refractivity contribution in [2.24, 2.45) is 5.92 Å². The first-order valence-corrected chi connectivity index (χ1v) is 7.00. The highest BCUT2D eigenvalue weighted by atomic mass is 16.1. The molecule has 0 saturated heterocycles. The van der Waals surface area contributed by atoms with Gasteiger partial charge in [-0.3, -0.25) is 4.79 Å². The van der Waals surface area contributed by atoms with Gasteiger partial charge in [0.05, 0.1) is 0 Å². The van der Waals surface area contributed by atoms with Crippen LogP contribution in [-0.2, 0) is 11.3 Å². The SMILES string of the molecule is Cc1ccc(CNC(=O)C2CCCCC2)c(C)c1. The minimum absolute atomic E-state index is 0.245. The molecule has 0 heterocycles. The van der Waals surface area contributed by atoms with Crippen LogP contribution >= 0.6 is 0 Å². The normalized spacial score (nSPS) is 16.6. The van der Waals surface area contributed by atoms with Gasteiger partial charge in [-0.05, 0) is 37.8 Å². The molecule has 1 fully saturated rings. The van der Waals surface area contributed by atoms with E-state index in [9.17, 15) is 4.79 Å². The Morgan fingerprint density at radius 1 is 1.22 bits per heavy atom. The first kappa shape index (κ1) is 13.1. The summed E-state index contributed by atoms with van der Waals surface area (Å²) in [6.07, 6.45) is 5.85. The van der Waals surface area contributed by atoms with Gasteiger partial charge < -0.3 is 5.32 Å². The largest absolute Gasteiger partial charge is 0.352 e. The molecule has 18 heavy (non-hydrogen) atoms. The van der Waals surface area contributed by atoms with E-state index in [1.54, 1.807) is 0 Å². The Morgan fingerprint density at radius 3 is 2.61 bits per heavy atom. The minimum atomic E-state index is 0.245. The molecule has 98 valence electrons. The van der Waals surface area contributed by atoms with Gasteiger partial charge in [0.2, 0.25) is 5.91 Å². The van der Waals surface area contributed by atoms with E-state index in [4.69, 9.17) is 0 Å². The second-order valence-corrected chi connectivity index (χ2v) is 5.48. The molecule has 0 aromatic heterocycles. The second-order valence-electron chi connectivity index (χ2n) is 5.48. The van der Waals surface area contributed by atoms with Gasteiger partial charge in [-0.2, -0.15) is 0 Å². The molecule has 0 atom stereocenters. The van der Waals surface area contributed by atoms with E-state index < -0.39 is 0 Å². The van der Waals surface area contributed by atoms with Crippen molar-refractivity contribution in [1.82, 2.24) is 5.32 Å². The van der Waals surface area contributed by atoms with Crippen LogP contribution in [0.3, 0.4) is 0 Å². The molecule has 0 bridgehead atoms. The monoisotopic (exact) mass is 245 g/mol. The molecular weight excluding hydrogens is 222 g/mol. The zero-order valence-corrected chi connectivity index (χ0v) is 11.5. The smallest absolute Gasteiger partial charge is 0.223 e. The van der Waals surface area contributed by atoms with Crippen molar-refractivity contribution in [2.75, 3.05) is 0 Å². The number of aryl methyl sites for hydroxylation is 2. The summed E-state index contributed by atoms with van der Waals surface area (Å²) in [7, 11) is 0. The van der Waals surface area contributed by atoms with Gasteiger partial charge in [0.25, 0.3) is 0 Å². The number of carbonyl (C=O) groups excluding carboxylic acids is 1. The van der Waals surface area contributed by atoms with Crippen LogP contribution in [0.2, 0.25) is 0 Å². The van der Waals surface area contributed by atoms with Crippen molar-refractivity contribution in [3.63, 3.8) is 0 Å². The molecule has 0 spiro atoms. The van der Waals surface area contributed by atoms with Crippen LogP contribution in [0.4, 0.5) is 0 Å². The Labute approximate surface area is 110 Å². The Kier molecular flexibility index (Phi) is 4.40. The van der Waals surface area contributed by atoms with Gasteiger partial charge in [0.1, 0.15) is 0 Å². The van der Waals surface area contributed by atoms with Crippen molar-refractivity contribution in [2.45, 2.75) is 52.5 Å². The molecule has 0 aliphatic heterocycles. The summed E-state index contributed by atoms with van der Waals surface area (Å²) >= 11 is 0. The van der Waals surface area contributed by atoms with Crippen LogP contribution in [0, 0.1) is 19.8 Å². The van der Waals surface area contributed by atoms with Crippen molar-refractivity contribution < 1.29 is 4.79 Å². The fourth-order valence-corrected chi connectivity index (χ4v) is 2.74. The molecule has 1 saturated carbocycles. The maximum absolute atomic E-state index is 12.0.